The van der Waals surface area contributed by atoms with Crippen molar-refractivity contribution in [1.29, 1.82) is 0 Å². The van der Waals surface area contributed by atoms with E-state index in [1.807, 2.05) is 20.8 Å². The molecule has 0 saturated heterocycles. The molecule has 31 heavy (non-hydrogen) atoms. The van der Waals surface area contributed by atoms with Gasteiger partial charge in [0.25, 0.3) is 5.97 Å². The van der Waals surface area contributed by atoms with E-state index in [0.29, 0.717) is 32.3 Å². The predicted octanol–water partition coefficient (Wildman–Crippen LogP) is 7.87. The molecule has 0 N–H and O–H groups in total. The van der Waals surface area contributed by atoms with Crippen LogP contribution in [0.25, 0.3) is 0 Å². The molecular weight excluding hydrogens is 405 g/mol. The van der Waals surface area contributed by atoms with Crippen LogP contribution in [0.4, 0.5) is 13.2 Å². The van der Waals surface area contributed by atoms with Gasteiger partial charge in [-0.15, -0.1) is 0 Å². The third kappa shape index (κ3) is 9.11. The van der Waals surface area contributed by atoms with E-state index in [4.69, 9.17) is 14.2 Å². The quantitative estimate of drug-likeness (QED) is 0.130. The first-order valence-corrected chi connectivity index (χ1v) is 12.0. The lowest BCUT2D eigenvalue weighted by molar-refractivity contribution is -0.393. The molecule has 0 saturated carbocycles. The van der Waals surface area contributed by atoms with Crippen molar-refractivity contribution in [3.05, 3.63) is 35.1 Å². The summed E-state index contributed by atoms with van der Waals surface area (Å²) >= 11 is 0. The van der Waals surface area contributed by atoms with Gasteiger partial charge in [-0.3, -0.25) is 0 Å². The van der Waals surface area contributed by atoms with Crippen LogP contribution in [0, 0.1) is 17.5 Å². The molecular formula is C25H41F3O3. The van der Waals surface area contributed by atoms with Crippen LogP contribution in [0.3, 0.4) is 0 Å². The Hall–Kier alpha value is -1.11. The summed E-state index contributed by atoms with van der Waals surface area (Å²) in [5.74, 6) is -5.34. The van der Waals surface area contributed by atoms with Crippen molar-refractivity contribution in [2.45, 2.75) is 104 Å². The molecule has 1 atom stereocenters. The first-order valence-electron chi connectivity index (χ1n) is 12.0. The standard InChI is InChI=1S/C25H41F3O3/c1-5-9-10-11-12-13-14-21(20-18-23(27)24(28)19-22(20)26)25(29-15-6-2,30-16-7-3)31-17-8-4/h18-19,21H,5-17H2,1-4H3. The van der Waals surface area contributed by atoms with Crippen LogP contribution in [0.15, 0.2) is 12.1 Å². The predicted molar refractivity (Wildman–Crippen MR) is 119 cm³/mol. The van der Waals surface area contributed by atoms with Gasteiger partial charge in [-0.25, -0.2) is 13.2 Å². The Kier molecular flexibility index (Phi) is 14.1. The highest BCUT2D eigenvalue weighted by atomic mass is 19.2. The van der Waals surface area contributed by atoms with Crippen molar-refractivity contribution in [2.75, 3.05) is 19.8 Å². The van der Waals surface area contributed by atoms with Crippen LogP contribution in [-0.2, 0) is 14.2 Å². The molecule has 0 spiro atoms. The fourth-order valence-corrected chi connectivity index (χ4v) is 3.62. The number of unbranched alkanes of at least 4 members (excludes halogenated alkanes) is 5. The smallest absolute Gasteiger partial charge is 0.290 e. The topological polar surface area (TPSA) is 27.7 Å². The number of hydrogen-bond acceptors (Lipinski definition) is 3. The van der Waals surface area contributed by atoms with Gasteiger partial charge in [0.2, 0.25) is 0 Å². The third-order valence-electron chi connectivity index (χ3n) is 5.21. The highest BCUT2D eigenvalue weighted by molar-refractivity contribution is 5.25. The SMILES string of the molecule is CCCCCCCCC(c1cc(F)c(F)cc1F)C(OCCC)(OCCC)OCCC. The average molecular weight is 447 g/mol. The summed E-state index contributed by atoms with van der Waals surface area (Å²) in [6, 6.07) is 1.53. The molecule has 1 rings (SSSR count). The van der Waals surface area contributed by atoms with Gasteiger partial charge in [0, 0.05) is 11.6 Å². The van der Waals surface area contributed by atoms with E-state index in [1.165, 1.54) is 6.42 Å². The van der Waals surface area contributed by atoms with Crippen molar-refractivity contribution in [1.82, 2.24) is 0 Å². The van der Waals surface area contributed by atoms with Crippen molar-refractivity contribution >= 4 is 0 Å². The lowest BCUT2D eigenvalue weighted by atomic mass is 9.89. The summed E-state index contributed by atoms with van der Waals surface area (Å²) in [4.78, 5) is 0. The molecule has 3 nitrogen and oxygen atoms in total. The number of benzene rings is 1. The van der Waals surface area contributed by atoms with E-state index in [0.717, 1.165) is 57.4 Å². The van der Waals surface area contributed by atoms with Gasteiger partial charge in [0.05, 0.1) is 25.7 Å². The molecule has 0 amide bonds. The maximum Gasteiger partial charge on any atom is 0.290 e. The van der Waals surface area contributed by atoms with Gasteiger partial charge in [-0.1, -0.05) is 66.2 Å². The molecule has 0 aliphatic carbocycles. The number of hydrogen-bond donors (Lipinski definition) is 0. The summed E-state index contributed by atoms with van der Waals surface area (Å²) in [6.45, 7) is 9.11. The van der Waals surface area contributed by atoms with Gasteiger partial charge in [-0.2, -0.15) is 0 Å². The zero-order valence-electron chi connectivity index (χ0n) is 19.8. The van der Waals surface area contributed by atoms with Crippen molar-refractivity contribution < 1.29 is 27.4 Å². The van der Waals surface area contributed by atoms with Crippen LogP contribution in [0.5, 0.6) is 0 Å². The van der Waals surface area contributed by atoms with E-state index in [-0.39, 0.29) is 5.56 Å². The van der Waals surface area contributed by atoms with E-state index < -0.39 is 29.3 Å². The molecule has 0 radical (unpaired) electrons. The molecule has 1 aromatic carbocycles. The molecule has 0 heterocycles. The number of ether oxygens (including phenoxy) is 3. The molecule has 6 heteroatoms. The zero-order valence-corrected chi connectivity index (χ0v) is 19.8. The van der Waals surface area contributed by atoms with E-state index >= 15 is 0 Å². The van der Waals surface area contributed by atoms with Crippen LogP contribution < -0.4 is 0 Å². The van der Waals surface area contributed by atoms with Gasteiger partial charge in [0.1, 0.15) is 5.82 Å². The average Bonchev–Trinajstić information content (AvgIpc) is 2.76. The minimum Gasteiger partial charge on any atom is -0.327 e. The molecule has 0 aliphatic rings. The third-order valence-corrected chi connectivity index (χ3v) is 5.21. The van der Waals surface area contributed by atoms with Crippen LogP contribution in [-0.4, -0.2) is 25.8 Å². The summed E-state index contributed by atoms with van der Waals surface area (Å²) in [5, 5.41) is 0. The summed E-state index contributed by atoms with van der Waals surface area (Å²) in [6.07, 6.45) is 8.97. The molecule has 0 fully saturated rings. The van der Waals surface area contributed by atoms with Crippen molar-refractivity contribution in [2.24, 2.45) is 0 Å². The maximum atomic E-state index is 14.9. The lowest BCUT2D eigenvalue weighted by Crippen LogP contribution is -2.46. The first kappa shape index (κ1) is 27.9. The van der Waals surface area contributed by atoms with Crippen molar-refractivity contribution in [3.63, 3.8) is 0 Å². The number of halogens is 3. The van der Waals surface area contributed by atoms with Crippen LogP contribution in [0.1, 0.15) is 103 Å². The lowest BCUT2D eigenvalue weighted by Gasteiger charge is -2.40. The minimum atomic E-state index is -1.53. The maximum absolute atomic E-state index is 14.9. The fraction of sp³-hybridized carbons (Fsp3) is 0.760. The van der Waals surface area contributed by atoms with Crippen LogP contribution >= 0.6 is 0 Å². The first-order chi connectivity index (χ1) is 15.0. The molecule has 180 valence electrons. The Morgan fingerprint density at radius 3 is 1.65 bits per heavy atom. The monoisotopic (exact) mass is 446 g/mol. The Balaban J connectivity index is 3.29. The molecule has 0 aliphatic heterocycles. The largest absolute Gasteiger partial charge is 0.327 e. The summed E-state index contributed by atoms with van der Waals surface area (Å²) in [5.41, 5.74) is 0.0377. The Bertz CT molecular complexity index is 588. The summed E-state index contributed by atoms with van der Waals surface area (Å²) in [7, 11) is 0. The fourth-order valence-electron chi connectivity index (χ4n) is 3.62. The molecule has 0 aromatic heterocycles. The van der Waals surface area contributed by atoms with Gasteiger partial charge in [-0.05, 0) is 31.7 Å². The second kappa shape index (κ2) is 15.7. The normalized spacial score (nSPS) is 13.0. The van der Waals surface area contributed by atoms with Gasteiger partial charge in [0.15, 0.2) is 11.6 Å². The number of rotatable bonds is 18. The van der Waals surface area contributed by atoms with E-state index in [1.54, 1.807) is 0 Å². The highest BCUT2D eigenvalue weighted by Gasteiger charge is 2.44. The molecule has 0 bridgehead atoms. The van der Waals surface area contributed by atoms with E-state index in [9.17, 15) is 13.2 Å². The highest BCUT2D eigenvalue weighted by Crippen LogP contribution is 2.40. The second-order valence-electron chi connectivity index (χ2n) is 8.05. The molecule has 1 unspecified atom stereocenters. The Morgan fingerprint density at radius 1 is 0.645 bits per heavy atom. The second-order valence-corrected chi connectivity index (χ2v) is 8.05. The van der Waals surface area contributed by atoms with Gasteiger partial charge >= 0.3 is 0 Å². The van der Waals surface area contributed by atoms with Crippen LogP contribution in [0.2, 0.25) is 0 Å². The van der Waals surface area contributed by atoms with E-state index in [2.05, 4.69) is 6.92 Å². The van der Waals surface area contributed by atoms with Crippen molar-refractivity contribution in [3.8, 4) is 0 Å². The Morgan fingerprint density at radius 2 is 1.13 bits per heavy atom. The summed E-state index contributed by atoms with van der Waals surface area (Å²) < 4.78 is 60.9. The zero-order chi connectivity index (χ0) is 23.1. The van der Waals surface area contributed by atoms with Gasteiger partial charge < -0.3 is 14.2 Å². The molecule has 1 aromatic rings. The Labute approximate surface area is 186 Å². The minimum absolute atomic E-state index is 0.0377.